The summed E-state index contributed by atoms with van der Waals surface area (Å²) in [6.45, 7) is 1.48. The molecular weight excluding hydrogens is 312 g/mol. The van der Waals surface area contributed by atoms with Crippen molar-refractivity contribution in [2.24, 2.45) is 0 Å². The number of hydrogen-bond donors (Lipinski definition) is 2. The van der Waals surface area contributed by atoms with E-state index in [9.17, 15) is 14.7 Å². The van der Waals surface area contributed by atoms with Crippen molar-refractivity contribution in [3.8, 4) is 5.75 Å². The molecule has 2 atom stereocenters. The Labute approximate surface area is 140 Å². The lowest BCUT2D eigenvalue weighted by atomic mass is 10.1. The van der Waals surface area contributed by atoms with E-state index in [0.717, 1.165) is 25.7 Å². The number of aromatic hydroxyl groups is 1. The van der Waals surface area contributed by atoms with Gasteiger partial charge in [0, 0.05) is 24.3 Å². The van der Waals surface area contributed by atoms with Crippen LogP contribution in [0.25, 0.3) is 0 Å². The first kappa shape index (κ1) is 16.2. The van der Waals surface area contributed by atoms with Gasteiger partial charge in [-0.05, 0) is 18.9 Å². The minimum absolute atomic E-state index is 0.0717. The molecular formula is C17H22N2O3S. The SMILES string of the molecule is CC(=O)N1C(C(=O)NC2CCCC2)CSC1c1ccccc1O. The molecule has 2 unspecified atom stereocenters. The van der Waals surface area contributed by atoms with E-state index in [-0.39, 0.29) is 29.0 Å². The molecule has 6 heteroatoms. The molecule has 23 heavy (non-hydrogen) atoms. The number of benzene rings is 1. The normalized spacial score (nSPS) is 24.8. The highest BCUT2D eigenvalue weighted by atomic mass is 32.2. The van der Waals surface area contributed by atoms with E-state index in [0.29, 0.717) is 11.3 Å². The summed E-state index contributed by atoms with van der Waals surface area (Å²) in [5.41, 5.74) is 0.684. The van der Waals surface area contributed by atoms with E-state index in [1.807, 2.05) is 6.07 Å². The number of para-hydroxylation sites is 1. The van der Waals surface area contributed by atoms with Gasteiger partial charge in [-0.25, -0.2) is 0 Å². The molecule has 1 saturated carbocycles. The Hall–Kier alpha value is -1.69. The minimum atomic E-state index is -0.470. The molecule has 3 rings (SSSR count). The summed E-state index contributed by atoms with van der Waals surface area (Å²) in [4.78, 5) is 26.3. The minimum Gasteiger partial charge on any atom is -0.508 e. The van der Waals surface area contributed by atoms with Gasteiger partial charge < -0.3 is 15.3 Å². The maximum absolute atomic E-state index is 12.6. The number of carbonyl (C=O) groups is 2. The molecule has 1 aliphatic heterocycles. The summed E-state index contributed by atoms with van der Waals surface area (Å²) in [5.74, 6) is 0.498. The van der Waals surface area contributed by atoms with Crippen LogP contribution in [0.1, 0.15) is 43.5 Å². The van der Waals surface area contributed by atoms with Crippen LogP contribution in [0.15, 0.2) is 24.3 Å². The Morgan fingerprint density at radius 1 is 1.26 bits per heavy atom. The number of hydrogen-bond acceptors (Lipinski definition) is 4. The monoisotopic (exact) mass is 334 g/mol. The molecule has 0 radical (unpaired) electrons. The summed E-state index contributed by atoms with van der Waals surface area (Å²) in [6.07, 6.45) is 4.35. The number of phenolic OH excluding ortho intramolecular Hbond substituents is 1. The van der Waals surface area contributed by atoms with Crippen LogP contribution < -0.4 is 5.32 Å². The largest absolute Gasteiger partial charge is 0.508 e. The van der Waals surface area contributed by atoms with E-state index in [1.165, 1.54) is 18.7 Å². The van der Waals surface area contributed by atoms with Gasteiger partial charge in [-0.15, -0.1) is 11.8 Å². The van der Waals surface area contributed by atoms with Crippen molar-refractivity contribution >= 4 is 23.6 Å². The van der Waals surface area contributed by atoms with Crippen molar-refractivity contribution in [1.29, 1.82) is 0 Å². The Bertz CT molecular complexity index is 601. The smallest absolute Gasteiger partial charge is 0.243 e. The molecule has 2 fully saturated rings. The Balaban J connectivity index is 1.78. The zero-order valence-electron chi connectivity index (χ0n) is 13.2. The van der Waals surface area contributed by atoms with Crippen LogP contribution >= 0.6 is 11.8 Å². The summed E-state index contributed by atoms with van der Waals surface area (Å²) in [7, 11) is 0. The summed E-state index contributed by atoms with van der Waals surface area (Å²) >= 11 is 1.52. The number of nitrogens with zero attached hydrogens (tertiary/aromatic N) is 1. The van der Waals surface area contributed by atoms with Gasteiger partial charge in [-0.3, -0.25) is 9.59 Å². The van der Waals surface area contributed by atoms with Crippen molar-refractivity contribution < 1.29 is 14.7 Å². The van der Waals surface area contributed by atoms with Crippen LogP contribution in [0, 0.1) is 0 Å². The number of nitrogens with one attached hydrogen (secondary N) is 1. The fraction of sp³-hybridized carbons (Fsp3) is 0.529. The zero-order chi connectivity index (χ0) is 16.4. The number of phenols is 1. The third-order valence-electron chi connectivity index (χ3n) is 4.57. The molecule has 2 N–H and O–H groups in total. The first-order valence-corrected chi connectivity index (χ1v) is 9.11. The van der Waals surface area contributed by atoms with Gasteiger partial charge in [0.2, 0.25) is 11.8 Å². The van der Waals surface area contributed by atoms with Gasteiger partial charge in [0.15, 0.2) is 0 Å². The van der Waals surface area contributed by atoms with Crippen LogP contribution in [-0.4, -0.2) is 39.7 Å². The molecule has 1 aromatic carbocycles. The molecule has 2 amide bonds. The van der Waals surface area contributed by atoms with Gasteiger partial charge in [0.05, 0.1) is 0 Å². The van der Waals surface area contributed by atoms with Gasteiger partial charge >= 0.3 is 0 Å². The van der Waals surface area contributed by atoms with Crippen LogP contribution in [0.4, 0.5) is 0 Å². The van der Waals surface area contributed by atoms with Gasteiger partial charge in [-0.1, -0.05) is 31.0 Å². The maximum atomic E-state index is 12.6. The zero-order valence-corrected chi connectivity index (χ0v) is 14.0. The fourth-order valence-electron chi connectivity index (χ4n) is 3.40. The molecule has 124 valence electrons. The lowest BCUT2D eigenvalue weighted by molar-refractivity contribution is -0.138. The molecule has 0 spiro atoms. The highest BCUT2D eigenvalue weighted by molar-refractivity contribution is 7.99. The molecule has 1 aliphatic carbocycles. The lowest BCUT2D eigenvalue weighted by Gasteiger charge is -2.29. The van der Waals surface area contributed by atoms with Crippen LogP contribution in [0.3, 0.4) is 0 Å². The molecule has 1 saturated heterocycles. The second-order valence-electron chi connectivity index (χ2n) is 6.18. The summed E-state index contributed by atoms with van der Waals surface area (Å²) in [5, 5.41) is 12.8. The molecule has 1 aromatic rings. The number of carbonyl (C=O) groups excluding carboxylic acids is 2. The first-order chi connectivity index (χ1) is 11.1. The number of rotatable bonds is 3. The quantitative estimate of drug-likeness (QED) is 0.891. The average molecular weight is 334 g/mol. The van der Waals surface area contributed by atoms with Gasteiger partial charge in [-0.2, -0.15) is 0 Å². The van der Waals surface area contributed by atoms with E-state index >= 15 is 0 Å². The second kappa shape index (κ2) is 6.83. The molecule has 2 aliphatic rings. The highest BCUT2D eigenvalue weighted by Crippen LogP contribution is 2.44. The van der Waals surface area contributed by atoms with Crippen LogP contribution in [-0.2, 0) is 9.59 Å². The second-order valence-corrected chi connectivity index (χ2v) is 7.29. The van der Waals surface area contributed by atoms with Crippen molar-refractivity contribution in [3.63, 3.8) is 0 Å². The predicted octanol–water partition coefficient (Wildman–Crippen LogP) is 2.41. The molecule has 1 heterocycles. The fourth-order valence-corrected chi connectivity index (χ4v) is 4.91. The molecule has 5 nitrogen and oxygen atoms in total. The third kappa shape index (κ3) is 3.32. The van der Waals surface area contributed by atoms with E-state index in [2.05, 4.69) is 5.32 Å². The molecule has 0 aromatic heterocycles. The Morgan fingerprint density at radius 2 is 1.96 bits per heavy atom. The maximum Gasteiger partial charge on any atom is 0.243 e. The Morgan fingerprint density at radius 3 is 2.61 bits per heavy atom. The summed E-state index contributed by atoms with van der Waals surface area (Å²) < 4.78 is 0. The van der Waals surface area contributed by atoms with Crippen molar-refractivity contribution in [3.05, 3.63) is 29.8 Å². The van der Waals surface area contributed by atoms with Crippen LogP contribution in [0.5, 0.6) is 5.75 Å². The highest BCUT2D eigenvalue weighted by Gasteiger charge is 2.42. The summed E-state index contributed by atoms with van der Waals surface area (Å²) in [6, 6.07) is 6.77. The molecule has 0 bridgehead atoms. The lowest BCUT2D eigenvalue weighted by Crippen LogP contribution is -2.49. The van der Waals surface area contributed by atoms with Gasteiger partial charge in [0.25, 0.3) is 0 Å². The number of thioether (sulfide) groups is 1. The topological polar surface area (TPSA) is 69.6 Å². The third-order valence-corrected chi connectivity index (χ3v) is 5.88. The number of amides is 2. The van der Waals surface area contributed by atoms with Crippen molar-refractivity contribution in [1.82, 2.24) is 10.2 Å². The van der Waals surface area contributed by atoms with Crippen molar-refractivity contribution in [2.75, 3.05) is 5.75 Å². The Kier molecular flexibility index (Phi) is 4.80. The average Bonchev–Trinajstić information content (AvgIpc) is 3.16. The standard InChI is InChI=1S/C17H22N2O3S/c1-11(20)19-14(16(22)18-12-6-2-3-7-12)10-23-17(19)13-8-4-5-9-15(13)21/h4-5,8-9,12,14,17,21H,2-3,6-7,10H2,1H3,(H,18,22). The van der Waals surface area contributed by atoms with E-state index in [4.69, 9.17) is 0 Å². The van der Waals surface area contributed by atoms with E-state index < -0.39 is 6.04 Å². The van der Waals surface area contributed by atoms with Crippen LogP contribution in [0.2, 0.25) is 0 Å². The van der Waals surface area contributed by atoms with Crippen molar-refractivity contribution in [2.45, 2.75) is 50.1 Å². The van der Waals surface area contributed by atoms with Gasteiger partial charge in [0.1, 0.15) is 17.2 Å². The van der Waals surface area contributed by atoms with E-state index in [1.54, 1.807) is 23.1 Å². The predicted molar refractivity (Wildman–Crippen MR) is 90.0 cm³/mol. The first-order valence-electron chi connectivity index (χ1n) is 8.06.